The quantitative estimate of drug-likeness (QED) is 0.138. The maximum Gasteiger partial charge on any atom is 0.416 e. The summed E-state index contributed by atoms with van der Waals surface area (Å²) < 4.78 is 86.5. The molecule has 0 fully saturated rings. The van der Waals surface area contributed by atoms with Gasteiger partial charge in [0.15, 0.2) is 5.16 Å². The number of imidazole rings is 1. The van der Waals surface area contributed by atoms with Gasteiger partial charge >= 0.3 is 18.3 Å². The van der Waals surface area contributed by atoms with E-state index in [1.807, 2.05) is 34.9 Å². The lowest BCUT2D eigenvalue weighted by Crippen LogP contribution is -2.11. The molecule has 1 aromatic heterocycles. The summed E-state index contributed by atoms with van der Waals surface area (Å²) in [6, 6.07) is 15.7. The largest absolute Gasteiger partial charge is 0.462 e. The highest BCUT2D eigenvalue weighted by Crippen LogP contribution is 2.38. The van der Waals surface area contributed by atoms with Gasteiger partial charge in [0, 0.05) is 5.75 Å². The number of rotatable bonds is 7. The van der Waals surface area contributed by atoms with Crippen molar-refractivity contribution in [3.63, 3.8) is 0 Å². The highest BCUT2D eigenvalue weighted by molar-refractivity contribution is 7.98. The second kappa shape index (κ2) is 10.5. The molecule has 0 aliphatic rings. The first kappa shape index (κ1) is 26.6. The minimum atomic E-state index is -4.93. The van der Waals surface area contributed by atoms with Gasteiger partial charge in [-0.3, -0.25) is 0 Å². The van der Waals surface area contributed by atoms with E-state index in [0.29, 0.717) is 34.9 Å². The Morgan fingerprint density at radius 1 is 0.892 bits per heavy atom. The Morgan fingerprint density at radius 2 is 1.54 bits per heavy atom. The van der Waals surface area contributed by atoms with Crippen LogP contribution in [0.5, 0.6) is 0 Å². The zero-order valence-electron chi connectivity index (χ0n) is 19.4. The molecule has 0 aliphatic heterocycles. The second-order valence-corrected chi connectivity index (χ2v) is 9.04. The van der Waals surface area contributed by atoms with Crippen molar-refractivity contribution in [3.8, 4) is 0 Å². The molecule has 0 saturated heterocycles. The molecule has 0 spiro atoms. The summed E-state index contributed by atoms with van der Waals surface area (Å²) in [6.45, 7) is 2.23. The van der Waals surface area contributed by atoms with Gasteiger partial charge in [0.05, 0.1) is 40.9 Å². The second-order valence-electron chi connectivity index (χ2n) is 8.09. The Bertz CT molecular complexity index is 1380. The predicted octanol–water partition coefficient (Wildman–Crippen LogP) is 7.59. The molecule has 0 bridgehead atoms. The van der Waals surface area contributed by atoms with Gasteiger partial charge in [-0.2, -0.15) is 26.3 Å². The van der Waals surface area contributed by atoms with Gasteiger partial charge < -0.3 is 9.30 Å². The van der Waals surface area contributed by atoms with Crippen LogP contribution in [0.15, 0.2) is 71.9 Å². The van der Waals surface area contributed by atoms with Crippen molar-refractivity contribution in [2.45, 2.75) is 36.7 Å². The first-order valence-electron chi connectivity index (χ1n) is 11.1. The fourth-order valence-corrected chi connectivity index (χ4v) is 4.67. The van der Waals surface area contributed by atoms with Gasteiger partial charge in [-0.15, -0.1) is 0 Å². The highest BCUT2D eigenvalue weighted by Gasteiger charge is 2.36. The fourth-order valence-electron chi connectivity index (χ4n) is 3.73. The first-order valence-corrected chi connectivity index (χ1v) is 12.1. The van der Waals surface area contributed by atoms with E-state index in [9.17, 15) is 31.1 Å². The number of benzene rings is 3. The highest BCUT2D eigenvalue weighted by atomic mass is 32.2. The minimum Gasteiger partial charge on any atom is -0.462 e. The van der Waals surface area contributed by atoms with Crippen LogP contribution in [0.4, 0.5) is 26.3 Å². The number of fused-ring (bicyclic) bond motifs is 1. The molecule has 194 valence electrons. The summed E-state index contributed by atoms with van der Waals surface area (Å²) >= 11 is 1.01. The standard InChI is InChI=1S/C26H20F6N2O2S/c1-2-36-23(35)18-8-9-22-21(12-18)33-24(34(22)14-16-6-4-3-5-7-16)37-15-17-10-19(25(27,28)29)13-20(11-17)26(30,31)32/h3-13H,2,14-15H2,1H3. The van der Waals surface area contributed by atoms with Crippen molar-refractivity contribution < 1.29 is 35.9 Å². The number of alkyl halides is 6. The third-order valence-corrected chi connectivity index (χ3v) is 6.47. The Morgan fingerprint density at radius 3 is 2.14 bits per heavy atom. The van der Waals surface area contributed by atoms with Crippen LogP contribution in [-0.2, 0) is 29.4 Å². The van der Waals surface area contributed by atoms with Crippen LogP contribution in [0.3, 0.4) is 0 Å². The maximum atomic E-state index is 13.3. The normalized spacial score (nSPS) is 12.2. The smallest absolute Gasteiger partial charge is 0.416 e. The Balaban J connectivity index is 1.72. The molecule has 4 aromatic rings. The summed E-state index contributed by atoms with van der Waals surface area (Å²) in [5.41, 5.74) is -0.579. The minimum absolute atomic E-state index is 0.107. The average molecular weight is 539 g/mol. The molecule has 1 heterocycles. The number of halogens is 6. The third-order valence-electron chi connectivity index (χ3n) is 5.42. The lowest BCUT2D eigenvalue weighted by molar-refractivity contribution is -0.143. The Hall–Kier alpha value is -3.47. The van der Waals surface area contributed by atoms with Crippen LogP contribution in [-0.4, -0.2) is 22.1 Å². The number of ether oxygens (including phenoxy) is 1. The van der Waals surface area contributed by atoms with Crippen molar-refractivity contribution in [3.05, 3.63) is 94.5 Å². The van der Waals surface area contributed by atoms with E-state index in [4.69, 9.17) is 4.74 Å². The molecule has 0 aliphatic carbocycles. The summed E-state index contributed by atoms with van der Waals surface area (Å²) in [6.07, 6.45) is -9.85. The van der Waals surface area contributed by atoms with Crippen LogP contribution in [0, 0.1) is 0 Å². The van der Waals surface area contributed by atoms with E-state index in [0.717, 1.165) is 17.3 Å². The molecule has 0 atom stereocenters. The van der Waals surface area contributed by atoms with E-state index in [2.05, 4.69) is 4.98 Å². The van der Waals surface area contributed by atoms with E-state index < -0.39 is 29.4 Å². The number of aromatic nitrogens is 2. The van der Waals surface area contributed by atoms with Crippen molar-refractivity contribution in [2.75, 3.05) is 6.61 Å². The van der Waals surface area contributed by atoms with Crippen molar-refractivity contribution in [2.24, 2.45) is 0 Å². The summed E-state index contributed by atoms with van der Waals surface area (Å²) in [7, 11) is 0. The maximum absolute atomic E-state index is 13.3. The van der Waals surface area contributed by atoms with Gasteiger partial charge in [0.25, 0.3) is 0 Å². The van der Waals surface area contributed by atoms with Gasteiger partial charge in [0.1, 0.15) is 0 Å². The van der Waals surface area contributed by atoms with Gasteiger partial charge in [-0.1, -0.05) is 42.1 Å². The van der Waals surface area contributed by atoms with Gasteiger partial charge in [-0.05, 0) is 54.4 Å². The number of hydrogen-bond acceptors (Lipinski definition) is 4. The molecule has 0 radical (unpaired) electrons. The van der Waals surface area contributed by atoms with Crippen LogP contribution >= 0.6 is 11.8 Å². The number of hydrogen-bond donors (Lipinski definition) is 0. The van der Waals surface area contributed by atoms with Crippen LogP contribution < -0.4 is 0 Å². The molecule has 3 aromatic carbocycles. The third kappa shape index (κ3) is 6.27. The number of carbonyl (C=O) groups is 1. The number of nitrogens with zero attached hydrogens (tertiary/aromatic N) is 2. The van der Waals surface area contributed by atoms with Crippen LogP contribution in [0.25, 0.3) is 11.0 Å². The topological polar surface area (TPSA) is 44.1 Å². The summed E-state index contributed by atoms with van der Waals surface area (Å²) in [5.74, 6) is -0.713. The Labute approximate surface area is 212 Å². The molecule has 4 nitrogen and oxygen atoms in total. The summed E-state index contributed by atoms with van der Waals surface area (Å²) in [4.78, 5) is 16.7. The predicted molar refractivity (Wildman–Crippen MR) is 127 cm³/mol. The zero-order chi connectivity index (χ0) is 26.8. The molecule has 0 amide bonds. The van der Waals surface area contributed by atoms with Gasteiger partial charge in [-0.25, -0.2) is 9.78 Å². The van der Waals surface area contributed by atoms with Crippen molar-refractivity contribution >= 4 is 28.8 Å². The van der Waals surface area contributed by atoms with E-state index in [1.165, 1.54) is 0 Å². The molecule has 0 N–H and O–H groups in total. The monoisotopic (exact) mass is 538 g/mol. The van der Waals surface area contributed by atoms with E-state index in [-0.39, 0.29) is 29.6 Å². The first-order chi connectivity index (χ1) is 17.5. The van der Waals surface area contributed by atoms with Crippen LogP contribution in [0.1, 0.15) is 39.5 Å². The molecule has 37 heavy (non-hydrogen) atoms. The van der Waals surface area contributed by atoms with Gasteiger partial charge in [0.2, 0.25) is 0 Å². The molecular formula is C26H20F6N2O2S. The van der Waals surface area contributed by atoms with E-state index in [1.54, 1.807) is 25.1 Å². The van der Waals surface area contributed by atoms with Crippen molar-refractivity contribution in [1.29, 1.82) is 0 Å². The SMILES string of the molecule is CCOC(=O)c1ccc2c(c1)nc(SCc1cc(C(F)(F)F)cc(C(F)(F)F)c1)n2Cc1ccccc1. The number of carbonyl (C=O) groups excluding carboxylic acids is 1. The zero-order valence-corrected chi connectivity index (χ0v) is 20.2. The van der Waals surface area contributed by atoms with Crippen LogP contribution in [0.2, 0.25) is 0 Å². The van der Waals surface area contributed by atoms with Crippen molar-refractivity contribution in [1.82, 2.24) is 9.55 Å². The molecule has 0 saturated carbocycles. The lowest BCUT2D eigenvalue weighted by atomic mass is 10.1. The molecular weight excluding hydrogens is 518 g/mol. The molecule has 0 unspecified atom stereocenters. The summed E-state index contributed by atoms with van der Waals surface area (Å²) in [5, 5.41) is 0.380. The van der Waals surface area contributed by atoms with E-state index >= 15 is 0 Å². The fraction of sp³-hybridized carbons (Fsp3) is 0.231. The Kier molecular flexibility index (Phi) is 7.54. The average Bonchev–Trinajstić information content (AvgIpc) is 3.18. The molecule has 11 heteroatoms. The molecule has 4 rings (SSSR count). The lowest BCUT2D eigenvalue weighted by Gasteiger charge is -2.14. The number of esters is 1. The number of thioether (sulfide) groups is 1.